The van der Waals surface area contributed by atoms with Gasteiger partial charge in [-0.3, -0.25) is 9.69 Å². The van der Waals surface area contributed by atoms with Gasteiger partial charge in [0.05, 0.1) is 13.2 Å². The van der Waals surface area contributed by atoms with E-state index in [4.69, 9.17) is 30.8 Å². The van der Waals surface area contributed by atoms with Crippen LogP contribution in [0.4, 0.5) is 0 Å². The third-order valence-electron chi connectivity index (χ3n) is 5.29. The van der Waals surface area contributed by atoms with Crippen molar-refractivity contribution < 1.29 is 23.4 Å². The summed E-state index contributed by atoms with van der Waals surface area (Å²) in [6, 6.07) is 19.0. The van der Waals surface area contributed by atoms with Gasteiger partial charge in [0, 0.05) is 12.6 Å². The number of hydrogen-bond donors (Lipinski definition) is 1. The third kappa shape index (κ3) is 6.22. The minimum Gasteiger partial charge on any atom is -0.490 e. The second-order valence-electron chi connectivity index (χ2n) is 7.75. The molecule has 7 nitrogen and oxygen atoms in total. The zero-order valence-electron chi connectivity index (χ0n) is 19.8. The number of nitrogens with one attached hydrogen (secondary N) is 1. The molecule has 1 N–H and O–H groups in total. The van der Waals surface area contributed by atoms with Crippen LogP contribution in [0.3, 0.4) is 0 Å². The molecule has 2 heterocycles. The zero-order chi connectivity index (χ0) is 24.6. The van der Waals surface area contributed by atoms with E-state index in [1.807, 2.05) is 68.4 Å². The second-order valence-corrected chi connectivity index (χ2v) is 8.13. The molecule has 8 heteroatoms. The van der Waals surface area contributed by atoms with Gasteiger partial charge in [0.2, 0.25) is 0 Å². The van der Waals surface area contributed by atoms with Gasteiger partial charge in [0.25, 0.3) is 5.91 Å². The molecule has 0 spiro atoms. The highest BCUT2D eigenvalue weighted by Crippen LogP contribution is 2.29. The number of nitrogens with zero attached hydrogens (tertiary/aromatic N) is 1. The molecule has 0 bridgehead atoms. The van der Waals surface area contributed by atoms with Crippen LogP contribution in [-0.4, -0.2) is 35.7 Å². The van der Waals surface area contributed by atoms with Crippen molar-refractivity contribution in [2.75, 3.05) is 19.8 Å². The number of amides is 1. The van der Waals surface area contributed by atoms with E-state index < -0.39 is 0 Å². The largest absolute Gasteiger partial charge is 0.490 e. The Morgan fingerprint density at radius 3 is 2.51 bits per heavy atom. The summed E-state index contributed by atoms with van der Waals surface area (Å²) in [6.45, 7) is 5.71. The van der Waals surface area contributed by atoms with Crippen molar-refractivity contribution >= 4 is 29.3 Å². The quantitative estimate of drug-likeness (QED) is 0.300. The maximum Gasteiger partial charge on any atom is 0.276 e. The molecular formula is C27H28N2O5S. The Hall–Kier alpha value is -3.78. The zero-order valence-corrected chi connectivity index (χ0v) is 20.6. The summed E-state index contributed by atoms with van der Waals surface area (Å²) < 4.78 is 22.8. The van der Waals surface area contributed by atoms with Crippen LogP contribution >= 0.6 is 12.2 Å². The number of furan rings is 1. The van der Waals surface area contributed by atoms with Crippen LogP contribution < -0.4 is 19.5 Å². The van der Waals surface area contributed by atoms with Crippen LogP contribution in [0.1, 0.15) is 30.9 Å². The fourth-order valence-corrected chi connectivity index (χ4v) is 3.91. The molecule has 1 saturated heterocycles. The van der Waals surface area contributed by atoms with Gasteiger partial charge in [-0.1, -0.05) is 24.3 Å². The van der Waals surface area contributed by atoms with Crippen LogP contribution in [0.5, 0.6) is 17.2 Å². The van der Waals surface area contributed by atoms with Crippen molar-refractivity contribution in [3.63, 3.8) is 0 Å². The van der Waals surface area contributed by atoms with Gasteiger partial charge in [-0.25, -0.2) is 0 Å². The van der Waals surface area contributed by atoms with Gasteiger partial charge in [-0.05, 0) is 74.4 Å². The van der Waals surface area contributed by atoms with Gasteiger partial charge in [0.1, 0.15) is 29.6 Å². The van der Waals surface area contributed by atoms with Crippen molar-refractivity contribution in [3.8, 4) is 17.2 Å². The fourth-order valence-electron chi connectivity index (χ4n) is 3.63. The molecule has 2 aromatic carbocycles. The Balaban J connectivity index is 1.37. The number of para-hydroxylation sites is 1. The first-order valence-corrected chi connectivity index (χ1v) is 12.0. The highest BCUT2D eigenvalue weighted by molar-refractivity contribution is 7.80. The lowest BCUT2D eigenvalue weighted by molar-refractivity contribution is -0.122. The van der Waals surface area contributed by atoms with Crippen molar-refractivity contribution in [2.24, 2.45) is 0 Å². The summed E-state index contributed by atoms with van der Waals surface area (Å²) in [5, 5.41) is 3.37. The summed E-state index contributed by atoms with van der Waals surface area (Å²) in [6.07, 6.45) is 2.28. The Morgan fingerprint density at radius 2 is 1.74 bits per heavy atom. The lowest BCUT2D eigenvalue weighted by Crippen LogP contribution is -2.32. The first kappa shape index (κ1) is 24.3. The van der Waals surface area contributed by atoms with Crippen LogP contribution in [-0.2, 0) is 17.8 Å². The molecule has 182 valence electrons. The standard InChI is InChI=1S/C27H28N2O5S/c1-3-31-24-13-10-19(16-25(24)32-4-2)14-15-29-26(30)23(28-27(29)35)17-21-11-12-22(34-21)18-33-20-8-6-5-7-9-20/h5-13,16-17H,3-4,14-15,18H2,1-2H3,(H,28,35)/b23-17+. The van der Waals surface area contributed by atoms with E-state index in [1.54, 1.807) is 17.0 Å². The van der Waals surface area contributed by atoms with Gasteiger partial charge < -0.3 is 23.9 Å². The minimum absolute atomic E-state index is 0.190. The molecule has 1 aliphatic heterocycles. The van der Waals surface area contributed by atoms with Crippen LogP contribution in [0.25, 0.3) is 6.08 Å². The van der Waals surface area contributed by atoms with Crippen LogP contribution in [0, 0.1) is 0 Å². The topological polar surface area (TPSA) is 73.2 Å². The van der Waals surface area contributed by atoms with E-state index in [9.17, 15) is 4.79 Å². The lowest BCUT2D eigenvalue weighted by atomic mass is 10.1. The normalized spacial score (nSPS) is 14.3. The van der Waals surface area contributed by atoms with Crippen LogP contribution in [0.15, 0.2) is 70.8 Å². The van der Waals surface area contributed by atoms with Crippen molar-refractivity contribution in [3.05, 3.63) is 83.4 Å². The number of thiocarbonyl (C=S) groups is 1. The number of ether oxygens (including phenoxy) is 3. The van der Waals surface area contributed by atoms with E-state index in [0.29, 0.717) is 66.6 Å². The Morgan fingerprint density at radius 1 is 0.971 bits per heavy atom. The predicted octanol–water partition coefficient (Wildman–Crippen LogP) is 4.96. The van der Waals surface area contributed by atoms with Gasteiger partial charge in [0.15, 0.2) is 16.6 Å². The average molecular weight is 493 g/mol. The summed E-state index contributed by atoms with van der Waals surface area (Å²) in [5.41, 5.74) is 1.40. The monoisotopic (exact) mass is 492 g/mol. The fraction of sp³-hybridized carbons (Fsp3) is 0.259. The minimum atomic E-state index is -0.190. The van der Waals surface area contributed by atoms with Crippen molar-refractivity contribution in [2.45, 2.75) is 26.9 Å². The molecule has 1 aliphatic rings. The second kappa shape index (κ2) is 11.6. The van der Waals surface area contributed by atoms with Crippen LogP contribution in [0.2, 0.25) is 0 Å². The summed E-state index contributed by atoms with van der Waals surface area (Å²) in [5.74, 6) is 3.19. The number of carbonyl (C=O) groups is 1. The molecule has 0 aliphatic carbocycles. The first-order valence-electron chi connectivity index (χ1n) is 11.6. The number of rotatable bonds is 11. The lowest BCUT2D eigenvalue weighted by Gasteiger charge is -2.15. The Bertz CT molecular complexity index is 1210. The molecule has 3 aromatic rings. The molecule has 0 saturated carbocycles. The molecule has 0 radical (unpaired) electrons. The van der Waals surface area contributed by atoms with Gasteiger partial charge >= 0.3 is 0 Å². The number of benzene rings is 2. The smallest absolute Gasteiger partial charge is 0.276 e. The summed E-state index contributed by atoms with van der Waals surface area (Å²) in [4.78, 5) is 14.5. The maximum absolute atomic E-state index is 13.0. The first-order chi connectivity index (χ1) is 17.1. The maximum atomic E-state index is 13.0. The van der Waals surface area contributed by atoms with Crippen molar-refractivity contribution in [1.29, 1.82) is 0 Å². The predicted molar refractivity (Wildman–Crippen MR) is 137 cm³/mol. The molecule has 0 unspecified atom stereocenters. The number of hydrogen-bond acceptors (Lipinski definition) is 6. The molecule has 35 heavy (non-hydrogen) atoms. The van der Waals surface area contributed by atoms with E-state index in [0.717, 1.165) is 11.3 Å². The van der Waals surface area contributed by atoms with Crippen molar-refractivity contribution in [1.82, 2.24) is 10.2 Å². The van der Waals surface area contributed by atoms with Gasteiger partial charge in [-0.2, -0.15) is 0 Å². The van der Waals surface area contributed by atoms with E-state index in [1.165, 1.54) is 0 Å². The highest BCUT2D eigenvalue weighted by atomic mass is 32.1. The molecule has 1 fully saturated rings. The molecule has 1 amide bonds. The molecule has 1 aromatic heterocycles. The third-order valence-corrected chi connectivity index (χ3v) is 5.61. The SMILES string of the molecule is CCOc1ccc(CCN2C(=O)/C(=C\c3ccc(COc4ccccc4)o3)NC2=S)cc1OCC. The highest BCUT2D eigenvalue weighted by Gasteiger charge is 2.30. The number of carbonyl (C=O) groups excluding carboxylic acids is 1. The summed E-state index contributed by atoms with van der Waals surface area (Å²) in [7, 11) is 0. The Kier molecular flexibility index (Phi) is 8.05. The van der Waals surface area contributed by atoms with E-state index in [-0.39, 0.29) is 5.91 Å². The Labute approximate surface area is 210 Å². The van der Waals surface area contributed by atoms with E-state index in [2.05, 4.69) is 5.32 Å². The average Bonchev–Trinajstić information content (AvgIpc) is 3.42. The molecule has 4 rings (SSSR count). The molecule has 0 atom stereocenters. The molecular weight excluding hydrogens is 464 g/mol. The van der Waals surface area contributed by atoms with E-state index >= 15 is 0 Å². The summed E-state index contributed by atoms with van der Waals surface area (Å²) >= 11 is 5.41. The van der Waals surface area contributed by atoms with Gasteiger partial charge in [-0.15, -0.1) is 0 Å².